The molecule has 1 aliphatic rings. The molecule has 0 radical (unpaired) electrons. The molecule has 2 atom stereocenters. The summed E-state index contributed by atoms with van der Waals surface area (Å²) in [6.45, 7) is 7.37. The summed E-state index contributed by atoms with van der Waals surface area (Å²) in [5.41, 5.74) is 2.43. The Hall–Kier alpha value is -0.580. The Morgan fingerprint density at radius 2 is 2.22 bits per heavy atom. The van der Waals surface area contributed by atoms with Crippen LogP contribution in [0.4, 0.5) is 5.69 Å². The zero-order valence-corrected chi connectivity index (χ0v) is 12.6. The highest BCUT2D eigenvalue weighted by atomic mass is 79.9. The van der Waals surface area contributed by atoms with Crippen molar-refractivity contribution in [3.05, 3.63) is 28.2 Å². The van der Waals surface area contributed by atoms with Crippen molar-refractivity contribution in [2.45, 2.75) is 19.9 Å². The third-order valence-electron chi connectivity index (χ3n) is 3.51. The number of aliphatic hydroxyl groups excluding tert-OH is 1. The molecule has 0 spiro atoms. The number of anilines is 1. The van der Waals surface area contributed by atoms with Crippen molar-refractivity contribution in [2.24, 2.45) is 5.92 Å². The van der Waals surface area contributed by atoms with Gasteiger partial charge < -0.3 is 15.3 Å². The Morgan fingerprint density at radius 1 is 1.44 bits per heavy atom. The standard InChI is InChI=1S/C14H21BrN2O/c1-10-6-16-7-13(9-18)17(8-10)12-3-4-14(15)11(2)5-12/h3-5,10,13,16,18H,6-9H2,1-2H3. The van der Waals surface area contributed by atoms with Gasteiger partial charge in [-0.2, -0.15) is 0 Å². The fourth-order valence-corrected chi connectivity index (χ4v) is 2.69. The van der Waals surface area contributed by atoms with Crippen molar-refractivity contribution in [2.75, 3.05) is 31.1 Å². The Labute approximate surface area is 117 Å². The molecular formula is C14H21BrN2O. The highest BCUT2D eigenvalue weighted by Crippen LogP contribution is 2.25. The largest absolute Gasteiger partial charge is 0.394 e. The average molecular weight is 313 g/mol. The first-order valence-corrected chi connectivity index (χ1v) is 7.25. The molecule has 2 unspecified atom stereocenters. The molecule has 1 heterocycles. The summed E-state index contributed by atoms with van der Waals surface area (Å²) in [6.07, 6.45) is 0. The maximum Gasteiger partial charge on any atom is 0.0647 e. The van der Waals surface area contributed by atoms with Crippen LogP contribution in [0.2, 0.25) is 0 Å². The van der Waals surface area contributed by atoms with E-state index in [-0.39, 0.29) is 12.6 Å². The molecule has 1 aromatic carbocycles. The van der Waals surface area contributed by atoms with Gasteiger partial charge in [0.15, 0.2) is 0 Å². The van der Waals surface area contributed by atoms with Gasteiger partial charge in [-0.3, -0.25) is 0 Å². The molecule has 4 heteroatoms. The van der Waals surface area contributed by atoms with Gasteiger partial charge in [0, 0.05) is 23.2 Å². The maximum atomic E-state index is 9.57. The Balaban J connectivity index is 2.28. The number of hydrogen-bond acceptors (Lipinski definition) is 3. The molecule has 1 aromatic rings. The van der Waals surface area contributed by atoms with Crippen LogP contribution in [0.1, 0.15) is 12.5 Å². The van der Waals surface area contributed by atoms with E-state index in [1.807, 2.05) is 0 Å². The molecule has 0 aromatic heterocycles. The van der Waals surface area contributed by atoms with Crippen LogP contribution in [-0.4, -0.2) is 37.4 Å². The highest BCUT2D eigenvalue weighted by Gasteiger charge is 2.23. The Kier molecular flexibility index (Phi) is 4.65. The normalized spacial score (nSPS) is 25.0. The van der Waals surface area contributed by atoms with Gasteiger partial charge in [0.05, 0.1) is 12.6 Å². The predicted molar refractivity (Wildman–Crippen MR) is 79.1 cm³/mol. The lowest BCUT2D eigenvalue weighted by Crippen LogP contribution is -2.42. The number of halogens is 1. The number of hydrogen-bond donors (Lipinski definition) is 2. The van der Waals surface area contributed by atoms with Gasteiger partial charge in [-0.1, -0.05) is 22.9 Å². The zero-order valence-electron chi connectivity index (χ0n) is 11.0. The van der Waals surface area contributed by atoms with E-state index in [0.29, 0.717) is 5.92 Å². The van der Waals surface area contributed by atoms with Gasteiger partial charge in [-0.25, -0.2) is 0 Å². The van der Waals surface area contributed by atoms with Crippen LogP contribution in [-0.2, 0) is 0 Å². The third-order valence-corrected chi connectivity index (χ3v) is 4.40. The second-order valence-corrected chi connectivity index (χ2v) is 6.04. The minimum absolute atomic E-state index is 0.163. The number of rotatable bonds is 2. The van der Waals surface area contributed by atoms with Crippen LogP contribution in [0.15, 0.2) is 22.7 Å². The maximum absolute atomic E-state index is 9.57. The van der Waals surface area contributed by atoms with Crippen LogP contribution in [0.3, 0.4) is 0 Å². The first-order chi connectivity index (χ1) is 8.61. The fourth-order valence-electron chi connectivity index (χ4n) is 2.44. The van der Waals surface area contributed by atoms with Gasteiger partial charge in [0.1, 0.15) is 0 Å². The zero-order chi connectivity index (χ0) is 13.1. The number of nitrogens with zero attached hydrogens (tertiary/aromatic N) is 1. The summed E-state index contributed by atoms with van der Waals surface area (Å²) in [5, 5.41) is 13.0. The van der Waals surface area contributed by atoms with Crippen molar-refractivity contribution in [1.29, 1.82) is 0 Å². The molecule has 0 bridgehead atoms. The molecule has 0 amide bonds. The highest BCUT2D eigenvalue weighted by molar-refractivity contribution is 9.10. The van der Waals surface area contributed by atoms with E-state index < -0.39 is 0 Å². The van der Waals surface area contributed by atoms with E-state index in [4.69, 9.17) is 0 Å². The molecular weight excluding hydrogens is 292 g/mol. The van der Waals surface area contributed by atoms with Gasteiger partial charge in [0.25, 0.3) is 0 Å². The predicted octanol–water partition coefficient (Wildman–Crippen LogP) is 2.16. The third kappa shape index (κ3) is 3.05. The lowest BCUT2D eigenvalue weighted by atomic mass is 10.1. The minimum atomic E-state index is 0.163. The van der Waals surface area contributed by atoms with Gasteiger partial charge >= 0.3 is 0 Å². The van der Waals surface area contributed by atoms with Crippen molar-refractivity contribution in [3.8, 4) is 0 Å². The first-order valence-electron chi connectivity index (χ1n) is 6.46. The average Bonchev–Trinajstić information content (AvgIpc) is 2.54. The topological polar surface area (TPSA) is 35.5 Å². The lowest BCUT2D eigenvalue weighted by Gasteiger charge is -2.32. The molecule has 1 saturated heterocycles. The number of benzene rings is 1. The van der Waals surface area contributed by atoms with Crippen molar-refractivity contribution >= 4 is 21.6 Å². The van der Waals surface area contributed by atoms with Gasteiger partial charge in [-0.15, -0.1) is 0 Å². The van der Waals surface area contributed by atoms with Crippen LogP contribution in [0.5, 0.6) is 0 Å². The lowest BCUT2D eigenvalue weighted by molar-refractivity contribution is 0.259. The fraction of sp³-hybridized carbons (Fsp3) is 0.571. The summed E-state index contributed by atoms with van der Waals surface area (Å²) in [5.74, 6) is 0.588. The SMILES string of the molecule is Cc1cc(N2CC(C)CNCC2CO)ccc1Br. The van der Waals surface area contributed by atoms with E-state index in [2.05, 4.69) is 58.2 Å². The van der Waals surface area contributed by atoms with E-state index in [9.17, 15) is 5.11 Å². The molecule has 2 rings (SSSR count). The van der Waals surface area contributed by atoms with Crippen molar-refractivity contribution in [3.63, 3.8) is 0 Å². The summed E-state index contributed by atoms with van der Waals surface area (Å²) in [4.78, 5) is 2.32. The molecule has 100 valence electrons. The van der Waals surface area contributed by atoms with Gasteiger partial charge in [-0.05, 0) is 43.1 Å². The summed E-state index contributed by atoms with van der Waals surface area (Å²) in [6, 6.07) is 6.56. The second-order valence-electron chi connectivity index (χ2n) is 5.19. The van der Waals surface area contributed by atoms with Crippen LogP contribution in [0, 0.1) is 12.8 Å². The molecule has 0 saturated carbocycles. The van der Waals surface area contributed by atoms with Crippen LogP contribution >= 0.6 is 15.9 Å². The van der Waals surface area contributed by atoms with E-state index in [1.165, 1.54) is 11.3 Å². The summed E-state index contributed by atoms with van der Waals surface area (Å²) >= 11 is 3.53. The van der Waals surface area contributed by atoms with Crippen LogP contribution in [0.25, 0.3) is 0 Å². The molecule has 3 nitrogen and oxygen atoms in total. The molecule has 18 heavy (non-hydrogen) atoms. The Bertz CT molecular complexity index is 411. The summed E-state index contributed by atoms with van der Waals surface area (Å²) < 4.78 is 1.13. The smallest absolute Gasteiger partial charge is 0.0647 e. The van der Waals surface area contributed by atoms with E-state index >= 15 is 0 Å². The molecule has 1 aliphatic heterocycles. The quantitative estimate of drug-likeness (QED) is 0.878. The summed E-state index contributed by atoms with van der Waals surface area (Å²) in [7, 11) is 0. The number of aliphatic hydroxyl groups is 1. The van der Waals surface area contributed by atoms with E-state index in [0.717, 1.165) is 24.1 Å². The molecule has 0 aliphatic carbocycles. The van der Waals surface area contributed by atoms with E-state index in [1.54, 1.807) is 0 Å². The monoisotopic (exact) mass is 312 g/mol. The van der Waals surface area contributed by atoms with Crippen LogP contribution < -0.4 is 10.2 Å². The Morgan fingerprint density at radius 3 is 2.89 bits per heavy atom. The number of aryl methyl sites for hydroxylation is 1. The molecule has 1 fully saturated rings. The second kappa shape index (κ2) is 6.04. The molecule has 2 N–H and O–H groups in total. The minimum Gasteiger partial charge on any atom is -0.394 e. The number of nitrogens with one attached hydrogen (secondary N) is 1. The first kappa shape index (κ1) is 13.8. The van der Waals surface area contributed by atoms with Crippen molar-refractivity contribution < 1.29 is 5.11 Å². The van der Waals surface area contributed by atoms with Gasteiger partial charge in [0.2, 0.25) is 0 Å². The van der Waals surface area contributed by atoms with Crippen molar-refractivity contribution in [1.82, 2.24) is 5.32 Å².